The zero-order valence-corrected chi connectivity index (χ0v) is 17.3. The third-order valence-corrected chi connectivity index (χ3v) is 4.35. The molecule has 0 spiro atoms. The van der Waals surface area contributed by atoms with Crippen LogP contribution in [0.25, 0.3) is 11.8 Å². The summed E-state index contributed by atoms with van der Waals surface area (Å²) >= 11 is 3.42. The fourth-order valence-corrected chi connectivity index (χ4v) is 2.90. The van der Waals surface area contributed by atoms with Gasteiger partial charge in [-0.1, -0.05) is 34.7 Å². The lowest BCUT2D eigenvalue weighted by Gasteiger charge is -2.10. The monoisotopic (exact) mass is 454 g/mol. The highest BCUT2D eigenvalue weighted by Gasteiger charge is 2.09. The molecule has 2 aromatic carbocycles. The summed E-state index contributed by atoms with van der Waals surface area (Å²) in [5.74, 6) is 0.908. The fraction of sp³-hybridized carbons (Fsp3) is 0.0952. The largest absolute Gasteiger partial charge is 0.493 e. The van der Waals surface area contributed by atoms with Crippen LogP contribution in [-0.2, 0) is 4.79 Å². The maximum Gasteiger partial charge on any atom is 0.248 e. The van der Waals surface area contributed by atoms with Gasteiger partial charge in [-0.2, -0.15) is 5.10 Å². The van der Waals surface area contributed by atoms with E-state index in [-0.39, 0.29) is 5.91 Å². The normalized spacial score (nSPS) is 10.7. The van der Waals surface area contributed by atoms with Gasteiger partial charge in [0, 0.05) is 10.5 Å². The summed E-state index contributed by atoms with van der Waals surface area (Å²) < 4.78 is 13.3. The summed E-state index contributed by atoms with van der Waals surface area (Å²) in [4.78, 5) is 16.4. The molecule has 148 valence electrons. The smallest absolute Gasteiger partial charge is 0.248 e. The summed E-state index contributed by atoms with van der Waals surface area (Å²) in [6.45, 7) is 4.01. The third kappa shape index (κ3) is 5.32. The Balaban J connectivity index is 1.75. The van der Waals surface area contributed by atoms with Crippen LogP contribution in [0.1, 0.15) is 5.56 Å². The topological polar surface area (TPSA) is 78.3 Å². The first-order valence-corrected chi connectivity index (χ1v) is 9.45. The maximum absolute atomic E-state index is 12.5. The molecule has 1 heterocycles. The number of nitrogens with one attached hydrogen (secondary N) is 1. The molecule has 1 aromatic heterocycles. The van der Waals surface area contributed by atoms with Crippen molar-refractivity contribution in [2.75, 3.05) is 19.0 Å². The van der Waals surface area contributed by atoms with Gasteiger partial charge in [0.25, 0.3) is 0 Å². The number of halogens is 1. The lowest BCUT2D eigenvalue weighted by Crippen LogP contribution is -2.11. The van der Waals surface area contributed by atoms with Crippen LogP contribution in [-0.4, -0.2) is 34.4 Å². The Labute approximate surface area is 176 Å². The van der Waals surface area contributed by atoms with Crippen molar-refractivity contribution in [2.24, 2.45) is 0 Å². The van der Waals surface area contributed by atoms with Crippen molar-refractivity contribution >= 4 is 33.6 Å². The zero-order chi connectivity index (χ0) is 20.6. The Morgan fingerprint density at radius 3 is 2.86 bits per heavy atom. The molecular weight excluding hydrogens is 436 g/mol. The molecule has 0 aliphatic carbocycles. The van der Waals surface area contributed by atoms with E-state index in [1.54, 1.807) is 48.5 Å². The summed E-state index contributed by atoms with van der Waals surface area (Å²) in [5, 5.41) is 6.98. The number of methoxy groups -OCH3 is 1. The van der Waals surface area contributed by atoms with E-state index in [4.69, 9.17) is 9.47 Å². The molecule has 0 aliphatic rings. The summed E-state index contributed by atoms with van der Waals surface area (Å²) in [6, 6.07) is 10.9. The molecule has 1 amide bonds. The fourth-order valence-electron chi connectivity index (χ4n) is 2.54. The number of carbonyl (C=O) groups is 1. The molecule has 0 bridgehead atoms. The van der Waals surface area contributed by atoms with Gasteiger partial charge in [0.05, 0.1) is 18.5 Å². The number of benzene rings is 2. The number of hydrogen-bond acceptors (Lipinski definition) is 5. The lowest BCUT2D eigenvalue weighted by molar-refractivity contribution is -0.111. The highest BCUT2D eigenvalue weighted by atomic mass is 79.9. The van der Waals surface area contributed by atoms with Gasteiger partial charge in [0.2, 0.25) is 5.91 Å². The molecule has 1 N–H and O–H groups in total. The van der Waals surface area contributed by atoms with Crippen molar-refractivity contribution in [1.29, 1.82) is 0 Å². The van der Waals surface area contributed by atoms with Crippen molar-refractivity contribution in [3.05, 3.63) is 77.8 Å². The number of carbonyl (C=O) groups excluding carboxylic acids is 1. The lowest BCUT2D eigenvalue weighted by atomic mass is 10.2. The van der Waals surface area contributed by atoms with Crippen LogP contribution in [0.4, 0.5) is 5.69 Å². The predicted molar refractivity (Wildman–Crippen MR) is 115 cm³/mol. The molecule has 7 nitrogen and oxygen atoms in total. The van der Waals surface area contributed by atoms with Crippen LogP contribution in [0.3, 0.4) is 0 Å². The molecule has 29 heavy (non-hydrogen) atoms. The number of rotatable bonds is 8. The third-order valence-electron chi connectivity index (χ3n) is 3.85. The van der Waals surface area contributed by atoms with Crippen LogP contribution < -0.4 is 14.8 Å². The Bertz CT molecular complexity index is 1030. The first kappa shape index (κ1) is 20.3. The Morgan fingerprint density at radius 1 is 1.28 bits per heavy atom. The van der Waals surface area contributed by atoms with Crippen LogP contribution >= 0.6 is 15.9 Å². The summed E-state index contributed by atoms with van der Waals surface area (Å²) in [6.07, 6.45) is 7.81. The van der Waals surface area contributed by atoms with E-state index in [1.807, 2.05) is 18.2 Å². The maximum atomic E-state index is 12.5. The van der Waals surface area contributed by atoms with Crippen molar-refractivity contribution in [3.63, 3.8) is 0 Å². The van der Waals surface area contributed by atoms with Crippen molar-refractivity contribution in [1.82, 2.24) is 14.8 Å². The SMILES string of the molecule is C=CCOc1ccc(/C=C/C(=O)Nc2cc(Br)ccc2-n2cncn2)cc1OC. The first-order valence-electron chi connectivity index (χ1n) is 8.66. The van der Waals surface area contributed by atoms with Gasteiger partial charge in [-0.15, -0.1) is 0 Å². The zero-order valence-electron chi connectivity index (χ0n) is 15.7. The molecular formula is C21H19BrN4O3. The number of nitrogens with zero attached hydrogens (tertiary/aromatic N) is 3. The van der Waals surface area contributed by atoms with Crippen molar-refractivity contribution < 1.29 is 14.3 Å². The number of amides is 1. The Hall–Kier alpha value is -3.39. The van der Waals surface area contributed by atoms with Gasteiger partial charge in [-0.05, 0) is 42.0 Å². The highest BCUT2D eigenvalue weighted by Crippen LogP contribution is 2.29. The molecule has 0 atom stereocenters. The van der Waals surface area contributed by atoms with Crippen molar-refractivity contribution in [2.45, 2.75) is 0 Å². The van der Waals surface area contributed by atoms with E-state index in [2.05, 4.69) is 37.9 Å². The quantitative estimate of drug-likeness (QED) is 0.406. The highest BCUT2D eigenvalue weighted by molar-refractivity contribution is 9.10. The van der Waals surface area contributed by atoms with Gasteiger partial charge in [-0.3, -0.25) is 4.79 Å². The van der Waals surface area contributed by atoms with Gasteiger partial charge in [0.1, 0.15) is 19.3 Å². The van der Waals surface area contributed by atoms with E-state index in [9.17, 15) is 4.79 Å². The molecule has 3 aromatic rings. The number of ether oxygens (including phenoxy) is 2. The number of aromatic nitrogens is 3. The van der Waals surface area contributed by atoms with Gasteiger partial charge in [-0.25, -0.2) is 9.67 Å². The molecule has 8 heteroatoms. The molecule has 0 radical (unpaired) electrons. The van der Waals surface area contributed by atoms with Gasteiger partial charge < -0.3 is 14.8 Å². The van der Waals surface area contributed by atoms with E-state index in [1.165, 1.54) is 12.4 Å². The minimum atomic E-state index is -0.282. The number of anilines is 1. The molecule has 0 fully saturated rings. The minimum absolute atomic E-state index is 0.282. The average molecular weight is 455 g/mol. The Morgan fingerprint density at radius 2 is 2.14 bits per heavy atom. The number of hydrogen-bond donors (Lipinski definition) is 1. The molecule has 3 rings (SSSR count). The van der Waals surface area contributed by atoms with Gasteiger partial charge >= 0.3 is 0 Å². The van der Waals surface area contributed by atoms with E-state index < -0.39 is 0 Å². The van der Waals surface area contributed by atoms with Crippen LogP contribution in [0.2, 0.25) is 0 Å². The molecule has 0 unspecified atom stereocenters. The standard InChI is InChI=1S/C21H19BrN4O3/c1-3-10-29-19-8-4-15(11-20(19)28-2)5-9-21(27)25-17-12-16(22)6-7-18(17)26-14-23-13-24-26/h3-9,11-14H,1,10H2,2H3,(H,25,27)/b9-5+. The van der Waals surface area contributed by atoms with Crippen molar-refractivity contribution in [3.8, 4) is 17.2 Å². The van der Waals surface area contributed by atoms with Crippen LogP contribution in [0.5, 0.6) is 11.5 Å². The van der Waals surface area contributed by atoms with Gasteiger partial charge in [0.15, 0.2) is 11.5 Å². The Kier molecular flexibility index (Phi) is 6.80. The predicted octanol–water partition coefficient (Wildman–Crippen LogP) is 4.26. The second-order valence-corrected chi connectivity index (χ2v) is 6.75. The van der Waals surface area contributed by atoms with E-state index in [0.29, 0.717) is 29.5 Å². The minimum Gasteiger partial charge on any atom is -0.493 e. The summed E-state index contributed by atoms with van der Waals surface area (Å²) in [5.41, 5.74) is 2.11. The van der Waals surface area contributed by atoms with Crippen LogP contribution in [0.15, 0.2) is 72.3 Å². The molecule has 0 saturated carbocycles. The molecule has 0 saturated heterocycles. The molecule has 0 aliphatic heterocycles. The average Bonchev–Trinajstić information content (AvgIpc) is 3.25. The second kappa shape index (κ2) is 9.70. The second-order valence-electron chi connectivity index (χ2n) is 5.83. The van der Waals surface area contributed by atoms with E-state index >= 15 is 0 Å². The first-order chi connectivity index (χ1) is 14.1. The summed E-state index contributed by atoms with van der Waals surface area (Å²) in [7, 11) is 1.56. The van der Waals surface area contributed by atoms with E-state index in [0.717, 1.165) is 10.0 Å². The van der Waals surface area contributed by atoms with Crippen LogP contribution in [0, 0.1) is 0 Å².